The van der Waals surface area contributed by atoms with Gasteiger partial charge in [0.05, 0.1) is 9.77 Å². The Bertz CT molecular complexity index is 1150. The number of nitrogens with one attached hydrogen (secondary N) is 1. The standard InChI is InChI=1S/C23H25FN3O2S2/c1-17-7-2-3-11-21(17)22-16-26-23(30-22)25-13-12-19-9-4-5-14-27(19)31(28,29)20-10-6-8-18(24)15-20/h2-3,6,8,10-11,15-16,19H,4-5,9,12-14H2,1H3,(H,25,26). The zero-order chi connectivity index (χ0) is 21.8. The Morgan fingerprint density at radius 1 is 1.29 bits per heavy atom. The second-order valence-corrected chi connectivity index (χ2v) is 10.6. The zero-order valence-electron chi connectivity index (χ0n) is 17.3. The molecule has 4 rings (SSSR count). The minimum absolute atomic E-state index is 0.0203. The fraction of sp³-hybridized carbons (Fsp3) is 0.348. The molecule has 2 heterocycles. The van der Waals surface area contributed by atoms with Crippen LogP contribution in [0.1, 0.15) is 31.2 Å². The van der Waals surface area contributed by atoms with Crippen LogP contribution in [-0.2, 0) is 10.0 Å². The van der Waals surface area contributed by atoms with Gasteiger partial charge in [0, 0.05) is 25.3 Å². The third-order valence-electron chi connectivity index (χ3n) is 5.56. The van der Waals surface area contributed by atoms with Crippen LogP contribution in [-0.4, -0.2) is 36.8 Å². The smallest absolute Gasteiger partial charge is 0.243 e. The Hall–Kier alpha value is -2.29. The molecule has 1 N–H and O–H groups in total. The lowest BCUT2D eigenvalue weighted by molar-refractivity contribution is 0.244. The van der Waals surface area contributed by atoms with Gasteiger partial charge < -0.3 is 5.32 Å². The van der Waals surface area contributed by atoms with Gasteiger partial charge in [0.25, 0.3) is 0 Å². The number of benzene rings is 2. The van der Waals surface area contributed by atoms with Gasteiger partial charge in [-0.25, -0.2) is 17.8 Å². The van der Waals surface area contributed by atoms with Crippen molar-refractivity contribution >= 4 is 26.5 Å². The van der Waals surface area contributed by atoms with Crippen LogP contribution in [0, 0.1) is 18.8 Å². The molecular weight excluding hydrogens is 433 g/mol. The summed E-state index contributed by atoms with van der Waals surface area (Å²) in [6, 6.07) is 14.3. The molecule has 1 radical (unpaired) electrons. The predicted molar refractivity (Wildman–Crippen MR) is 122 cm³/mol. The van der Waals surface area contributed by atoms with E-state index in [1.165, 1.54) is 18.2 Å². The fourth-order valence-corrected chi connectivity index (χ4v) is 6.64. The number of piperidine rings is 1. The maximum atomic E-state index is 13.6. The van der Waals surface area contributed by atoms with Crippen molar-refractivity contribution in [3.05, 3.63) is 66.1 Å². The number of aromatic nitrogens is 1. The van der Waals surface area contributed by atoms with E-state index in [2.05, 4.69) is 22.4 Å². The summed E-state index contributed by atoms with van der Waals surface area (Å²) < 4.78 is 41.3. The minimum atomic E-state index is -3.72. The molecule has 163 valence electrons. The minimum Gasteiger partial charge on any atom is -0.361 e. The quantitative estimate of drug-likeness (QED) is 0.535. The van der Waals surface area contributed by atoms with Crippen LogP contribution in [0.15, 0.2) is 53.6 Å². The van der Waals surface area contributed by atoms with E-state index in [9.17, 15) is 12.8 Å². The third kappa shape index (κ3) is 4.97. The highest BCUT2D eigenvalue weighted by atomic mass is 32.2. The Labute approximate surface area is 187 Å². The van der Waals surface area contributed by atoms with Gasteiger partial charge in [0.15, 0.2) is 5.13 Å². The number of halogens is 1. The fourth-order valence-electron chi connectivity index (χ4n) is 3.95. The lowest BCUT2D eigenvalue weighted by Gasteiger charge is -2.34. The Balaban J connectivity index is 1.41. The van der Waals surface area contributed by atoms with Crippen LogP contribution in [0.2, 0.25) is 0 Å². The highest BCUT2D eigenvalue weighted by Gasteiger charge is 2.33. The van der Waals surface area contributed by atoms with Gasteiger partial charge in [-0.05, 0) is 61.6 Å². The summed E-state index contributed by atoms with van der Waals surface area (Å²) in [5, 5.41) is 4.15. The summed E-state index contributed by atoms with van der Waals surface area (Å²) in [7, 11) is -3.72. The Morgan fingerprint density at radius 3 is 2.97 bits per heavy atom. The zero-order valence-corrected chi connectivity index (χ0v) is 19.0. The highest BCUT2D eigenvalue weighted by Crippen LogP contribution is 2.31. The van der Waals surface area contributed by atoms with Crippen molar-refractivity contribution in [3.8, 4) is 10.4 Å². The molecule has 2 aromatic carbocycles. The molecule has 0 aliphatic carbocycles. The first-order chi connectivity index (χ1) is 14.9. The van der Waals surface area contributed by atoms with E-state index in [1.807, 2.05) is 25.3 Å². The number of hydrogen-bond donors (Lipinski definition) is 1. The highest BCUT2D eigenvalue weighted by molar-refractivity contribution is 7.89. The summed E-state index contributed by atoms with van der Waals surface area (Å²) in [5.41, 5.74) is 2.20. The molecule has 0 saturated carbocycles. The molecule has 0 amide bonds. The number of rotatable bonds is 7. The summed E-state index contributed by atoms with van der Waals surface area (Å²) in [6.07, 6.45) is 5.14. The number of sulfonamides is 1. The second kappa shape index (κ2) is 9.46. The van der Waals surface area contributed by atoms with E-state index in [0.717, 1.165) is 46.5 Å². The van der Waals surface area contributed by atoms with Gasteiger partial charge in [-0.15, -0.1) is 0 Å². The molecular formula is C23H25FN3O2S2. The normalized spacial score (nSPS) is 17.5. The van der Waals surface area contributed by atoms with Crippen LogP contribution in [0.5, 0.6) is 0 Å². The van der Waals surface area contributed by atoms with Crippen molar-refractivity contribution in [2.75, 3.05) is 18.4 Å². The van der Waals surface area contributed by atoms with Crippen LogP contribution < -0.4 is 5.32 Å². The van der Waals surface area contributed by atoms with Crippen LogP contribution in [0.25, 0.3) is 10.4 Å². The lowest BCUT2D eigenvalue weighted by atomic mass is 10.0. The van der Waals surface area contributed by atoms with Crippen molar-refractivity contribution in [1.82, 2.24) is 9.29 Å². The van der Waals surface area contributed by atoms with Crippen molar-refractivity contribution in [3.63, 3.8) is 0 Å². The molecule has 0 bridgehead atoms. The van der Waals surface area contributed by atoms with E-state index in [-0.39, 0.29) is 10.9 Å². The predicted octanol–water partition coefficient (Wildman–Crippen LogP) is 5.10. The summed E-state index contributed by atoms with van der Waals surface area (Å²) in [6.45, 7) is 3.11. The second-order valence-electron chi connectivity index (χ2n) is 7.68. The van der Waals surface area contributed by atoms with E-state index < -0.39 is 15.8 Å². The maximum Gasteiger partial charge on any atom is 0.243 e. The van der Waals surface area contributed by atoms with Gasteiger partial charge in [0.2, 0.25) is 10.0 Å². The Kier molecular flexibility index (Phi) is 6.69. The van der Waals surface area contributed by atoms with Crippen molar-refractivity contribution in [1.29, 1.82) is 0 Å². The van der Waals surface area contributed by atoms with Crippen molar-refractivity contribution in [2.45, 2.75) is 43.5 Å². The molecule has 3 aromatic rings. The van der Waals surface area contributed by atoms with Gasteiger partial charge in [0.1, 0.15) is 5.82 Å². The lowest BCUT2D eigenvalue weighted by Crippen LogP contribution is -2.44. The first-order valence-corrected chi connectivity index (χ1v) is 12.7. The third-order valence-corrected chi connectivity index (χ3v) is 8.50. The molecule has 5 nitrogen and oxygen atoms in total. The first-order valence-electron chi connectivity index (χ1n) is 10.4. The number of anilines is 1. The topological polar surface area (TPSA) is 62.3 Å². The number of aryl methyl sites for hydroxylation is 1. The van der Waals surface area contributed by atoms with Crippen LogP contribution in [0.4, 0.5) is 9.52 Å². The molecule has 1 saturated heterocycles. The average molecular weight is 459 g/mol. The van der Waals surface area contributed by atoms with E-state index >= 15 is 0 Å². The van der Waals surface area contributed by atoms with E-state index in [4.69, 9.17) is 0 Å². The van der Waals surface area contributed by atoms with Gasteiger partial charge in [-0.3, -0.25) is 0 Å². The molecule has 1 aromatic heterocycles. The Morgan fingerprint density at radius 2 is 2.16 bits per heavy atom. The largest absolute Gasteiger partial charge is 0.361 e. The first kappa shape index (κ1) is 21.9. The summed E-state index contributed by atoms with van der Waals surface area (Å²) in [4.78, 5) is 5.56. The van der Waals surface area contributed by atoms with E-state index in [1.54, 1.807) is 15.6 Å². The summed E-state index contributed by atoms with van der Waals surface area (Å²) >= 11 is 1.58. The molecule has 0 spiro atoms. The average Bonchev–Trinajstić information content (AvgIpc) is 3.23. The van der Waals surface area contributed by atoms with Crippen molar-refractivity contribution in [2.24, 2.45) is 0 Å². The number of thiazole rings is 1. The number of nitrogens with zero attached hydrogens (tertiary/aromatic N) is 2. The molecule has 31 heavy (non-hydrogen) atoms. The molecule has 1 unspecified atom stereocenters. The van der Waals surface area contributed by atoms with Crippen LogP contribution in [0.3, 0.4) is 0 Å². The maximum absolute atomic E-state index is 13.6. The van der Waals surface area contributed by atoms with Crippen molar-refractivity contribution < 1.29 is 12.8 Å². The summed E-state index contributed by atoms with van der Waals surface area (Å²) in [5.74, 6) is -0.540. The molecule has 1 aliphatic heterocycles. The molecule has 1 fully saturated rings. The van der Waals surface area contributed by atoms with Gasteiger partial charge in [-0.1, -0.05) is 42.0 Å². The van der Waals surface area contributed by atoms with E-state index in [0.29, 0.717) is 19.5 Å². The monoisotopic (exact) mass is 458 g/mol. The van der Waals surface area contributed by atoms with Gasteiger partial charge in [-0.2, -0.15) is 4.31 Å². The van der Waals surface area contributed by atoms with Crippen LogP contribution >= 0.6 is 11.3 Å². The molecule has 1 aliphatic rings. The van der Waals surface area contributed by atoms with Gasteiger partial charge >= 0.3 is 0 Å². The molecule has 1 atom stereocenters. The SMILES string of the molecule is Cc1[c]cccc1-c1cnc(NCCC2CCCCN2S(=O)(=O)c2cccc(F)c2)s1. The number of hydrogen-bond acceptors (Lipinski definition) is 5. The molecule has 8 heteroatoms.